The van der Waals surface area contributed by atoms with E-state index in [-0.39, 0.29) is 22.6 Å². The minimum atomic E-state index is -0.345. The fourth-order valence-corrected chi connectivity index (χ4v) is 6.28. The molecule has 1 amide bonds. The number of hydrogen-bond donors (Lipinski definition) is 1. The van der Waals surface area contributed by atoms with Crippen LogP contribution in [0.1, 0.15) is 55.8 Å². The Balaban J connectivity index is 1.45. The number of rotatable bonds is 4. The van der Waals surface area contributed by atoms with Crippen molar-refractivity contribution in [1.29, 1.82) is 0 Å². The van der Waals surface area contributed by atoms with Gasteiger partial charge in [0.1, 0.15) is 12.7 Å². The molecule has 1 N–H and O–H groups in total. The standard InChI is InChI=1S/C21H24N4O2/c1-14(26)17-3-2-4-18(6-17)24-19(27)20-7-15-5-16(8-20)10-21(9-15,11-20)25-13-22-12-23-25/h2-4,6,12-13,15-16H,5,7-11H2,1H3,(H,24,27)/t15-,16-,20?,21?/m1/s1. The van der Waals surface area contributed by atoms with E-state index in [2.05, 4.69) is 15.4 Å². The van der Waals surface area contributed by atoms with Crippen molar-refractivity contribution >= 4 is 17.4 Å². The fourth-order valence-electron chi connectivity index (χ4n) is 6.28. The molecule has 6 rings (SSSR count). The summed E-state index contributed by atoms with van der Waals surface area (Å²) in [5.41, 5.74) is 0.914. The van der Waals surface area contributed by atoms with Crippen LogP contribution in [0.25, 0.3) is 0 Å². The van der Waals surface area contributed by atoms with Crippen molar-refractivity contribution in [2.45, 2.75) is 51.0 Å². The van der Waals surface area contributed by atoms with Crippen LogP contribution in [-0.4, -0.2) is 26.5 Å². The summed E-state index contributed by atoms with van der Waals surface area (Å²) >= 11 is 0. The lowest BCUT2D eigenvalue weighted by Gasteiger charge is -2.60. The number of nitrogens with zero attached hydrogens (tertiary/aromatic N) is 3. The summed E-state index contributed by atoms with van der Waals surface area (Å²) in [5, 5.41) is 7.57. The van der Waals surface area contributed by atoms with Crippen molar-refractivity contribution < 1.29 is 9.59 Å². The maximum absolute atomic E-state index is 13.4. The monoisotopic (exact) mass is 364 g/mol. The number of aromatic nitrogens is 3. The van der Waals surface area contributed by atoms with E-state index in [1.807, 2.05) is 23.1 Å². The van der Waals surface area contributed by atoms with E-state index in [9.17, 15) is 9.59 Å². The molecule has 1 aromatic heterocycles. The zero-order valence-electron chi connectivity index (χ0n) is 15.5. The van der Waals surface area contributed by atoms with Crippen LogP contribution in [-0.2, 0) is 10.3 Å². The van der Waals surface area contributed by atoms with Gasteiger partial charge < -0.3 is 5.32 Å². The highest BCUT2D eigenvalue weighted by molar-refractivity contribution is 5.99. The van der Waals surface area contributed by atoms with Crippen molar-refractivity contribution in [2.75, 3.05) is 5.32 Å². The number of hydrogen-bond acceptors (Lipinski definition) is 4. The van der Waals surface area contributed by atoms with Gasteiger partial charge in [0, 0.05) is 11.3 Å². The highest BCUT2D eigenvalue weighted by Crippen LogP contribution is 2.64. The molecule has 1 heterocycles. The lowest BCUT2D eigenvalue weighted by molar-refractivity contribution is -0.150. The highest BCUT2D eigenvalue weighted by atomic mass is 16.2. The third kappa shape index (κ3) is 2.61. The van der Waals surface area contributed by atoms with Gasteiger partial charge in [0.15, 0.2) is 5.78 Å². The Kier molecular flexibility index (Phi) is 3.55. The molecule has 140 valence electrons. The fraction of sp³-hybridized carbons (Fsp3) is 0.524. The first-order chi connectivity index (χ1) is 13.0. The second kappa shape index (κ2) is 5.75. The van der Waals surface area contributed by atoms with Crippen LogP contribution < -0.4 is 5.32 Å². The molecule has 4 bridgehead atoms. The van der Waals surface area contributed by atoms with E-state index in [1.165, 1.54) is 6.42 Å². The number of carbonyl (C=O) groups excluding carboxylic acids is 2. The van der Waals surface area contributed by atoms with Crippen molar-refractivity contribution in [1.82, 2.24) is 14.8 Å². The van der Waals surface area contributed by atoms with Crippen LogP contribution in [0.5, 0.6) is 0 Å². The van der Waals surface area contributed by atoms with E-state index >= 15 is 0 Å². The molecule has 2 atom stereocenters. The number of Topliss-reactive ketones (excluding diaryl/α,β-unsaturated/α-hetero) is 1. The Morgan fingerprint density at radius 3 is 2.63 bits per heavy atom. The van der Waals surface area contributed by atoms with Crippen molar-refractivity contribution in [3.63, 3.8) is 0 Å². The van der Waals surface area contributed by atoms with Crippen LogP contribution in [0.3, 0.4) is 0 Å². The maximum atomic E-state index is 13.4. The number of nitrogens with one attached hydrogen (secondary N) is 1. The predicted molar refractivity (Wildman–Crippen MR) is 100 cm³/mol. The number of anilines is 1. The Morgan fingerprint density at radius 2 is 1.96 bits per heavy atom. The molecule has 0 aliphatic heterocycles. The van der Waals surface area contributed by atoms with Gasteiger partial charge in [-0.3, -0.25) is 9.59 Å². The number of benzene rings is 1. The van der Waals surface area contributed by atoms with Crippen molar-refractivity contribution in [3.05, 3.63) is 42.5 Å². The van der Waals surface area contributed by atoms with Crippen molar-refractivity contribution in [3.8, 4) is 0 Å². The number of carbonyl (C=O) groups is 2. The topological polar surface area (TPSA) is 76.9 Å². The van der Waals surface area contributed by atoms with E-state index in [4.69, 9.17) is 0 Å². The Bertz CT molecular complexity index is 891. The van der Waals surface area contributed by atoms with Gasteiger partial charge in [-0.25, -0.2) is 9.67 Å². The first-order valence-electron chi connectivity index (χ1n) is 9.76. The molecule has 27 heavy (non-hydrogen) atoms. The summed E-state index contributed by atoms with van der Waals surface area (Å²) in [6, 6.07) is 7.23. The van der Waals surface area contributed by atoms with Crippen LogP contribution in [0.4, 0.5) is 5.69 Å². The quantitative estimate of drug-likeness (QED) is 0.844. The first kappa shape index (κ1) is 16.7. The van der Waals surface area contributed by atoms with Crippen molar-refractivity contribution in [2.24, 2.45) is 17.3 Å². The summed E-state index contributed by atoms with van der Waals surface area (Å²) in [5.74, 6) is 1.25. The Morgan fingerprint density at radius 1 is 1.19 bits per heavy atom. The third-order valence-electron chi connectivity index (χ3n) is 6.94. The van der Waals surface area contributed by atoms with Gasteiger partial charge in [-0.1, -0.05) is 12.1 Å². The van der Waals surface area contributed by atoms with Gasteiger partial charge >= 0.3 is 0 Å². The third-order valence-corrected chi connectivity index (χ3v) is 6.94. The highest BCUT2D eigenvalue weighted by Gasteiger charge is 2.61. The van der Waals surface area contributed by atoms with E-state index < -0.39 is 0 Å². The van der Waals surface area contributed by atoms with Crippen LogP contribution >= 0.6 is 0 Å². The number of amides is 1. The largest absolute Gasteiger partial charge is 0.326 e. The minimum absolute atomic E-state index is 0.00559. The second-order valence-electron chi connectivity index (χ2n) is 8.90. The SMILES string of the molecule is CC(=O)c1cccc(NC(=O)C23C[C@H]4C[C@H](C2)CC(n2cncn2)(C4)C3)c1. The van der Waals surface area contributed by atoms with E-state index in [1.54, 1.807) is 25.4 Å². The zero-order valence-corrected chi connectivity index (χ0v) is 15.5. The summed E-state index contributed by atoms with van der Waals surface area (Å²) in [6.07, 6.45) is 9.58. The molecule has 0 radical (unpaired) electrons. The summed E-state index contributed by atoms with van der Waals surface area (Å²) < 4.78 is 2.02. The molecule has 4 aliphatic rings. The summed E-state index contributed by atoms with van der Waals surface area (Å²) in [7, 11) is 0. The lowest BCUT2D eigenvalue weighted by atomic mass is 9.46. The van der Waals surface area contributed by atoms with Gasteiger partial charge in [-0.05, 0) is 69.4 Å². The van der Waals surface area contributed by atoms with Crippen LogP contribution in [0.2, 0.25) is 0 Å². The van der Waals surface area contributed by atoms with Crippen LogP contribution in [0.15, 0.2) is 36.9 Å². The van der Waals surface area contributed by atoms with E-state index in [0.717, 1.165) is 32.1 Å². The average Bonchev–Trinajstić information content (AvgIpc) is 3.16. The Labute approximate surface area is 158 Å². The maximum Gasteiger partial charge on any atom is 0.230 e. The van der Waals surface area contributed by atoms with Gasteiger partial charge in [0.2, 0.25) is 5.91 Å². The minimum Gasteiger partial charge on any atom is -0.326 e. The Hall–Kier alpha value is -2.50. The molecule has 1 aromatic carbocycles. The summed E-state index contributed by atoms with van der Waals surface area (Å²) in [6.45, 7) is 1.54. The van der Waals surface area contributed by atoms with E-state index in [0.29, 0.717) is 23.1 Å². The lowest BCUT2D eigenvalue weighted by Crippen LogP contribution is -2.60. The molecule has 4 saturated carbocycles. The van der Waals surface area contributed by atoms with Gasteiger partial charge in [0.05, 0.1) is 11.0 Å². The zero-order chi connectivity index (χ0) is 18.6. The molecule has 0 unspecified atom stereocenters. The molecule has 6 heteroatoms. The smallest absolute Gasteiger partial charge is 0.230 e. The van der Waals surface area contributed by atoms with Gasteiger partial charge in [-0.2, -0.15) is 5.10 Å². The molecule has 6 nitrogen and oxygen atoms in total. The molecular formula is C21H24N4O2. The van der Waals surface area contributed by atoms with Gasteiger partial charge in [0.25, 0.3) is 0 Å². The average molecular weight is 364 g/mol. The first-order valence-corrected chi connectivity index (χ1v) is 9.76. The number of ketones is 1. The van der Waals surface area contributed by atoms with Gasteiger partial charge in [-0.15, -0.1) is 0 Å². The molecule has 0 saturated heterocycles. The molecule has 0 spiro atoms. The summed E-state index contributed by atoms with van der Waals surface area (Å²) in [4.78, 5) is 29.2. The molecule has 4 aliphatic carbocycles. The normalized spacial score (nSPS) is 33.8. The molecular weight excluding hydrogens is 340 g/mol. The van der Waals surface area contributed by atoms with Crippen LogP contribution in [0, 0.1) is 17.3 Å². The molecule has 2 aromatic rings. The molecule has 4 fully saturated rings. The predicted octanol–water partition coefficient (Wildman–Crippen LogP) is 3.41. The second-order valence-corrected chi connectivity index (χ2v) is 8.90.